The van der Waals surface area contributed by atoms with E-state index >= 15 is 0 Å². The molecule has 2 nitrogen and oxygen atoms in total. The molecule has 4 heteroatoms. The standard InChI is InChI=1S/3C4H9.C2H3ClO2.Sn/c3*1-3-4-2;3-1-2(4)5;/h3*1,3-4H2,2H3;1H2,(H,4,5);. The summed E-state index contributed by atoms with van der Waals surface area (Å²) in [7, 11) is 0. The molecule has 0 aromatic rings. The fourth-order valence-corrected chi connectivity index (χ4v) is 11.1. The number of hydrogen-bond donors (Lipinski definition) is 1. The molecule has 18 heavy (non-hydrogen) atoms. The molecular formula is C14H30ClO2Sn. The van der Waals surface area contributed by atoms with Crippen molar-refractivity contribution in [2.75, 3.05) is 5.88 Å². The van der Waals surface area contributed by atoms with Crippen LogP contribution in [0, 0.1) is 0 Å². The van der Waals surface area contributed by atoms with Gasteiger partial charge in [0.1, 0.15) is 5.88 Å². The summed E-state index contributed by atoms with van der Waals surface area (Å²) < 4.78 is 5.04. The van der Waals surface area contributed by atoms with Crippen molar-refractivity contribution in [1.82, 2.24) is 0 Å². The first kappa shape index (κ1) is 20.9. The van der Waals surface area contributed by atoms with Crippen LogP contribution in [0.2, 0.25) is 13.3 Å². The number of alkyl halides is 1. The van der Waals surface area contributed by atoms with Crippen molar-refractivity contribution in [3.8, 4) is 0 Å². The summed E-state index contributed by atoms with van der Waals surface area (Å²) in [5.74, 6) is -1.29. The number of unbranched alkanes of at least 4 members (excludes halogenated alkanes) is 3. The smallest absolute Gasteiger partial charge is 0.318 e. The SMILES string of the molecule is CCC[CH2][Sn]([CH2]CCC)[CH2]CCC.O=C(O)CCl. The van der Waals surface area contributed by atoms with Gasteiger partial charge in [-0.05, 0) is 0 Å². The second-order valence-corrected chi connectivity index (χ2v) is 13.4. The molecule has 0 atom stereocenters. The monoisotopic (exact) mass is 385 g/mol. The number of halogens is 1. The fourth-order valence-electron chi connectivity index (χ4n) is 1.66. The van der Waals surface area contributed by atoms with Crippen LogP contribution in [-0.4, -0.2) is 36.7 Å². The molecule has 0 aliphatic heterocycles. The molecule has 0 rings (SSSR count). The number of carboxylic acid groups (broad SMARTS) is 1. The van der Waals surface area contributed by atoms with Crippen molar-refractivity contribution in [1.29, 1.82) is 0 Å². The Morgan fingerprint density at radius 3 is 1.39 bits per heavy atom. The van der Waals surface area contributed by atoms with Gasteiger partial charge in [-0.15, -0.1) is 11.6 Å². The topological polar surface area (TPSA) is 37.3 Å². The minimum absolute atomic E-state index is 0.306. The molecule has 0 bridgehead atoms. The average Bonchev–Trinajstić information content (AvgIpc) is 2.38. The minimum Gasteiger partial charge on any atom is -0.480 e. The van der Waals surface area contributed by atoms with E-state index in [0.717, 1.165) is 0 Å². The van der Waals surface area contributed by atoms with E-state index in [1.165, 1.54) is 38.5 Å². The zero-order chi connectivity index (χ0) is 14.2. The summed E-state index contributed by atoms with van der Waals surface area (Å²) in [6.45, 7) is 7.00. The van der Waals surface area contributed by atoms with Gasteiger partial charge in [0.05, 0.1) is 0 Å². The largest absolute Gasteiger partial charge is 0.480 e. The van der Waals surface area contributed by atoms with Crippen LogP contribution in [0.3, 0.4) is 0 Å². The average molecular weight is 385 g/mol. The molecule has 0 fully saturated rings. The van der Waals surface area contributed by atoms with E-state index in [9.17, 15) is 4.79 Å². The van der Waals surface area contributed by atoms with Crippen molar-refractivity contribution in [3.63, 3.8) is 0 Å². The Kier molecular flexibility index (Phi) is 20.4. The Labute approximate surface area is 125 Å². The zero-order valence-corrected chi connectivity index (χ0v) is 15.9. The molecule has 0 aromatic heterocycles. The van der Waals surface area contributed by atoms with Gasteiger partial charge in [0.15, 0.2) is 0 Å². The molecule has 0 aliphatic carbocycles. The number of carbonyl (C=O) groups is 1. The van der Waals surface area contributed by atoms with Crippen LogP contribution >= 0.6 is 11.6 Å². The van der Waals surface area contributed by atoms with Crippen LogP contribution in [0.1, 0.15) is 59.3 Å². The first-order valence-electron chi connectivity index (χ1n) is 7.23. The Balaban J connectivity index is 0. The Bertz CT molecular complexity index is 158. The first-order valence-corrected chi connectivity index (χ1v) is 13.8. The van der Waals surface area contributed by atoms with E-state index in [2.05, 4.69) is 20.8 Å². The first-order chi connectivity index (χ1) is 8.62. The van der Waals surface area contributed by atoms with Crippen LogP contribution < -0.4 is 0 Å². The van der Waals surface area contributed by atoms with Crippen LogP contribution in [0.4, 0.5) is 0 Å². The molecule has 0 saturated carbocycles. The summed E-state index contributed by atoms with van der Waals surface area (Å²) >= 11 is 3.90. The van der Waals surface area contributed by atoms with Gasteiger partial charge in [-0.2, -0.15) is 0 Å². The zero-order valence-electron chi connectivity index (χ0n) is 12.3. The van der Waals surface area contributed by atoms with Gasteiger partial charge in [0, 0.05) is 0 Å². The van der Waals surface area contributed by atoms with Gasteiger partial charge in [-0.3, -0.25) is 4.79 Å². The predicted octanol–water partition coefficient (Wildman–Crippen LogP) is 5.19. The van der Waals surface area contributed by atoms with Crippen LogP contribution in [-0.2, 0) is 4.79 Å². The maximum atomic E-state index is 9.24. The quantitative estimate of drug-likeness (QED) is 0.416. The predicted molar refractivity (Wildman–Crippen MR) is 83.3 cm³/mol. The van der Waals surface area contributed by atoms with Gasteiger partial charge >= 0.3 is 98.3 Å². The van der Waals surface area contributed by atoms with E-state index in [0.29, 0.717) is 0 Å². The normalized spacial score (nSPS) is 10.1. The molecule has 0 saturated heterocycles. The maximum absolute atomic E-state index is 9.24. The van der Waals surface area contributed by atoms with Gasteiger partial charge in [-0.1, -0.05) is 0 Å². The molecule has 0 amide bonds. The Morgan fingerprint density at radius 2 is 1.22 bits per heavy atom. The summed E-state index contributed by atoms with van der Waals surface area (Å²) in [5, 5.41) is 7.59. The number of rotatable bonds is 10. The number of aliphatic carboxylic acids is 1. The third-order valence-electron chi connectivity index (χ3n) is 2.77. The number of carboxylic acids is 1. The summed E-state index contributed by atoms with van der Waals surface area (Å²) in [5.41, 5.74) is 0. The molecule has 0 spiro atoms. The molecule has 0 aromatic carbocycles. The molecule has 0 heterocycles. The van der Waals surface area contributed by atoms with E-state index in [4.69, 9.17) is 16.7 Å². The molecule has 1 radical (unpaired) electrons. The van der Waals surface area contributed by atoms with E-state index in [-0.39, 0.29) is 5.88 Å². The van der Waals surface area contributed by atoms with Gasteiger partial charge in [0.25, 0.3) is 0 Å². The Morgan fingerprint density at radius 1 is 0.944 bits per heavy atom. The number of hydrogen-bond acceptors (Lipinski definition) is 1. The maximum Gasteiger partial charge on any atom is 0.318 e. The van der Waals surface area contributed by atoms with Crippen LogP contribution in [0.5, 0.6) is 0 Å². The van der Waals surface area contributed by atoms with Crippen LogP contribution in [0.15, 0.2) is 0 Å². The molecule has 1 N–H and O–H groups in total. The van der Waals surface area contributed by atoms with Crippen molar-refractivity contribution in [2.45, 2.75) is 72.6 Å². The van der Waals surface area contributed by atoms with Gasteiger partial charge in [0.2, 0.25) is 0 Å². The molecule has 0 unspecified atom stereocenters. The van der Waals surface area contributed by atoms with E-state index in [1.807, 2.05) is 0 Å². The third-order valence-corrected chi connectivity index (χ3v) is 12.1. The molecule has 109 valence electrons. The van der Waals surface area contributed by atoms with E-state index in [1.54, 1.807) is 13.3 Å². The Hall–Kier alpha value is 0.559. The van der Waals surface area contributed by atoms with Gasteiger partial charge < -0.3 is 5.11 Å². The van der Waals surface area contributed by atoms with Gasteiger partial charge in [-0.25, -0.2) is 0 Å². The van der Waals surface area contributed by atoms with E-state index < -0.39 is 25.7 Å². The fraction of sp³-hybridized carbons (Fsp3) is 0.929. The van der Waals surface area contributed by atoms with Crippen molar-refractivity contribution < 1.29 is 9.90 Å². The van der Waals surface area contributed by atoms with Crippen molar-refractivity contribution in [3.05, 3.63) is 0 Å². The molecular weight excluding hydrogens is 354 g/mol. The summed E-state index contributed by atoms with van der Waals surface area (Å²) in [6.07, 6.45) is 8.85. The summed E-state index contributed by atoms with van der Waals surface area (Å²) in [4.78, 5) is 9.24. The second-order valence-electron chi connectivity index (χ2n) is 4.59. The second kappa shape index (κ2) is 17.6. The van der Waals surface area contributed by atoms with Crippen LogP contribution in [0.25, 0.3) is 0 Å². The van der Waals surface area contributed by atoms with Crippen molar-refractivity contribution >= 4 is 37.3 Å². The minimum atomic E-state index is -0.980. The third kappa shape index (κ3) is 18.9. The molecule has 0 aliphatic rings. The summed E-state index contributed by atoms with van der Waals surface area (Å²) in [6, 6.07) is 0. The van der Waals surface area contributed by atoms with Crippen molar-refractivity contribution in [2.24, 2.45) is 0 Å².